The predicted octanol–water partition coefficient (Wildman–Crippen LogP) is 2.36. The number of aromatic nitrogens is 1. The SMILES string of the molecule is CC1(C)CCC(Nc2ccnc(NN)c2)C1. The first-order chi connectivity index (χ1) is 7.59. The second-order valence-corrected chi connectivity index (χ2v) is 5.32. The largest absolute Gasteiger partial charge is 0.382 e. The zero-order chi connectivity index (χ0) is 11.6. The molecule has 1 aliphatic rings. The quantitative estimate of drug-likeness (QED) is 0.540. The third kappa shape index (κ3) is 2.64. The first-order valence-corrected chi connectivity index (χ1v) is 5.78. The van der Waals surface area contributed by atoms with E-state index in [1.807, 2.05) is 12.1 Å². The van der Waals surface area contributed by atoms with Crippen molar-refractivity contribution in [3.8, 4) is 0 Å². The molecular weight excluding hydrogens is 200 g/mol. The van der Waals surface area contributed by atoms with Gasteiger partial charge in [-0.05, 0) is 30.7 Å². The summed E-state index contributed by atoms with van der Waals surface area (Å²) in [5, 5.41) is 3.54. The topological polar surface area (TPSA) is 63.0 Å². The van der Waals surface area contributed by atoms with Crippen LogP contribution < -0.4 is 16.6 Å². The Labute approximate surface area is 96.6 Å². The average molecular weight is 220 g/mol. The molecule has 1 aromatic rings. The van der Waals surface area contributed by atoms with Crippen LogP contribution in [0.25, 0.3) is 0 Å². The van der Waals surface area contributed by atoms with Crippen molar-refractivity contribution in [2.24, 2.45) is 11.3 Å². The number of anilines is 2. The molecule has 0 spiro atoms. The van der Waals surface area contributed by atoms with Crippen LogP contribution in [0, 0.1) is 5.41 Å². The Morgan fingerprint density at radius 1 is 1.50 bits per heavy atom. The third-order valence-corrected chi connectivity index (χ3v) is 3.25. The number of pyridine rings is 1. The molecule has 1 fully saturated rings. The van der Waals surface area contributed by atoms with Crippen LogP contribution in [0.2, 0.25) is 0 Å². The summed E-state index contributed by atoms with van der Waals surface area (Å²) >= 11 is 0. The van der Waals surface area contributed by atoms with Crippen molar-refractivity contribution in [2.45, 2.75) is 39.2 Å². The lowest BCUT2D eigenvalue weighted by molar-refractivity contribution is 0.378. The minimum absolute atomic E-state index is 0.472. The second-order valence-electron chi connectivity index (χ2n) is 5.32. The highest BCUT2D eigenvalue weighted by Gasteiger charge is 2.30. The Morgan fingerprint density at radius 3 is 2.94 bits per heavy atom. The van der Waals surface area contributed by atoms with E-state index in [4.69, 9.17) is 5.84 Å². The van der Waals surface area contributed by atoms with Gasteiger partial charge in [0.05, 0.1) is 0 Å². The number of hydrogen-bond donors (Lipinski definition) is 3. The lowest BCUT2D eigenvalue weighted by Gasteiger charge is -2.18. The van der Waals surface area contributed by atoms with Crippen molar-refractivity contribution in [3.63, 3.8) is 0 Å². The standard InChI is InChI=1S/C12H20N4/c1-12(2)5-3-10(8-12)15-9-4-6-14-11(7-9)16-13/h4,6-7,10H,3,5,8,13H2,1-2H3,(H2,14,15,16). The van der Waals surface area contributed by atoms with Gasteiger partial charge in [0.1, 0.15) is 5.82 Å². The number of nitrogens with zero attached hydrogens (tertiary/aromatic N) is 1. The number of rotatable bonds is 3. The summed E-state index contributed by atoms with van der Waals surface area (Å²) < 4.78 is 0. The van der Waals surface area contributed by atoms with Crippen LogP contribution in [0.4, 0.5) is 11.5 Å². The van der Waals surface area contributed by atoms with E-state index in [-0.39, 0.29) is 0 Å². The molecule has 0 radical (unpaired) electrons. The predicted molar refractivity (Wildman–Crippen MR) is 67.1 cm³/mol. The van der Waals surface area contributed by atoms with Gasteiger partial charge >= 0.3 is 0 Å². The van der Waals surface area contributed by atoms with E-state index in [0.29, 0.717) is 17.3 Å². The zero-order valence-electron chi connectivity index (χ0n) is 9.96. The van der Waals surface area contributed by atoms with E-state index in [9.17, 15) is 0 Å². The minimum Gasteiger partial charge on any atom is -0.382 e. The summed E-state index contributed by atoms with van der Waals surface area (Å²) in [6, 6.07) is 4.49. The first-order valence-electron chi connectivity index (χ1n) is 5.78. The van der Waals surface area contributed by atoms with Gasteiger partial charge in [0, 0.05) is 24.0 Å². The van der Waals surface area contributed by atoms with E-state index in [1.54, 1.807) is 6.20 Å². The molecule has 0 aliphatic heterocycles. The Balaban J connectivity index is 1.99. The van der Waals surface area contributed by atoms with Crippen LogP contribution in [-0.4, -0.2) is 11.0 Å². The van der Waals surface area contributed by atoms with Gasteiger partial charge in [-0.3, -0.25) is 0 Å². The maximum atomic E-state index is 5.33. The average Bonchev–Trinajstić information content (AvgIpc) is 2.58. The van der Waals surface area contributed by atoms with Crippen molar-refractivity contribution < 1.29 is 0 Å². The summed E-state index contributed by atoms with van der Waals surface area (Å²) in [5.74, 6) is 6.03. The van der Waals surface area contributed by atoms with Gasteiger partial charge in [-0.1, -0.05) is 13.8 Å². The van der Waals surface area contributed by atoms with Gasteiger partial charge in [0.25, 0.3) is 0 Å². The molecule has 1 heterocycles. The monoisotopic (exact) mass is 220 g/mol. The zero-order valence-corrected chi connectivity index (χ0v) is 9.96. The maximum Gasteiger partial charge on any atom is 0.141 e. The highest BCUT2D eigenvalue weighted by molar-refractivity contribution is 5.51. The molecule has 4 heteroatoms. The Kier molecular flexibility index (Phi) is 3.01. The molecule has 1 unspecified atom stereocenters. The van der Waals surface area contributed by atoms with E-state index in [0.717, 1.165) is 5.69 Å². The third-order valence-electron chi connectivity index (χ3n) is 3.25. The molecule has 88 valence electrons. The van der Waals surface area contributed by atoms with E-state index in [1.165, 1.54) is 19.3 Å². The van der Waals surface area contributed by atoms with Gasteiger partial charge in [0.2, 0.25) is 0 Å². The molecular formula is C12H20N4. The highest BCUT2D eigenvalue weighted by atomic mass is 15.2. The molecule has 1 aromatic heterocycles. The van der Waals surface area contributed by atoms with Crippen LogP contribution in [-0.2, 0) is 0 Å². The van der Waals surface area contributed by atoms with Gasteiger partial charge < -0.3 is 10.7 Å². The normalized spacial score (nSPS) is 23.1. The lowest BCUT2D eigenvalue weighted by Crippen LogP contribution is -2.18. The fourth-order valence-corrected chi connectivity index (χ4v) is 2.39. The first kappa shape index (κ1) is 11.2. The Hall–Kier alpha value is -1.29. The van der Waals surface area contributed by atoms with Crippen molar-refractivity contribution in [2.75, 3.05) is 10.7 Å². The molecule has 16 heavy (non-hydrogen) atoms. The van der Waals surface area contributed by atoms with Gasteiger partial charge in [-0.15, -0.1) is 0 Å². The van der Waals surface area contributed by atoms with Crippen LogP contribution in [0.3, 0.4) is 0 Å². The Morgan fingerprint density at radius 2 is 2.31 bits per heavy atom. The summed E-state index contributed by atoms with van der Waals surface area (Å²) in [7, 11) is 0. The molecule has 4 nitrogen and oxygen atoms in total. The minimum atomic E-state index is 0.472. The highest BCUT2D eigenvalue weighted by Crippen LogP contribution is 2.38. The van der Waals surface area contributed by atoms with E-state index < -0.39 is 0 Å². The summed E-state index contributed by atoms with van der Waals surface area (Å²) in [6.45, 7) is 4.65. The van der Waals surface area contributed by atoms with Crippen molar-refractivity contribution in [1.29, 1.82) is 0 Å². The van der Waals surface area contributed by atoms with Crippen molar-refractivity contribution in [3.05, 3.63) is 18.3 Å². The van der Waals surface area contributed by atoms with Crippen LogP contribution in [0.15, 0.2) is 18.3 Å². The summed E-state index contributed by atoms with van der Waals surface area (Å²) in [4.78, 5) is 4.08. The van der Waals surface area contributed by atoms with Crippen molar-refractivity contribution >= 4 is 11.5 Å². The lowest BCUT2D eigenvalue weighted by atomic mass is 9.92. The molecule has 0 aromatic carbocycles. The smallest absolute Gasteiger partial charge is 0.141 e. The van der Waals surface area contributed by atoms with Crippen LogP contribution in [0.1, 0.15) is 33.1 Å². The molecule has 0 saturated heterocycles. The molecule has 1 saturated carbocycles. The van der Waals surface area contributed by atoms with Gasteiger partial charge in [-0.25, -0.2) is 10.8 Å². The van der Waals surface area contributed by atoms with E-state index in [2.05, 4.69) is 29.6 Å². The number of nitrogen functional groups attached to an aromatic ring is 1. The number of nitrogens with one attached hydrogen (secondary N) is 2. The fraction of sp³-hybridized carbons (Fsp3) is 0.583. The fourth-order valence-electron chi connectivity index (χ4n) is 2.39. The molecule has 1 atom stereocenters. The molecule has 4 N–H and O–H groups in total. The summed E-state index contributed by atoms with van der Waals surface area (Å²) in [5.41, 5.74) is 4.12. The number of hydrazine groups is 1. The molecule has 2 rings (SSSR count). The molecule has 1 aliphatic carbocycles. The van der Waals surface area contributed by atoms with Crippen LogP contribution >= 0.6 is 0 Å². The maximum absolute atomic E-state index is 5.33. The van der Waals surface area contributed by atoms with Crippen molar-refractivity contribution in [1.82, 2.24) is 4.98 Å². The number of hydrogen-bond acceptors (Lipinski definition) is 4. The van der Waals surface area contributed by atoms with Gasteiger partial charge in [0.15, 0.2) is 0 Å². The molecule has 0 bridgehead atoms. The summed E-state index contributed by atoms with van der Waals surface area (Å²) in [6.07, 6.45) is 5.51. The molecule has 0 amide bonds. The number of nitrogens with two attached hydrogens (primary N) is 1. The second kappa shape index (κ2) is 4.29. The Bertz CT molecular complexity index is 362. The van der Waals surface area contributed by atoms with Gasteiger partial charge in [-0.2, -0.15) is 0 Å². The van der Waals surface area contributed by atoms with E-state index >= 15 is 0 Å². The van der Waals surface area contributed by atoms with Crippen LogP contribution in [0.5, 0.6) is 0 Å².